The molecule has 2 rings (SSSR count). The maximum absolute atomic E-state index is 13.6. The van der Waals surface area contributed by atoms with Gasteiger partial charge in [-0.2, -0.15) is 0 Å². The summed E-state index contributed by atoms with van der Waals surface area (Å²) >= 11 is 0. The number of aryl methyl sites for hydroxylation is 1. The van der Waals surface area contributed by atoms with Crippen LogP contribution in [0.3, 0.4) is 0 Å². The number of Topliss-reactive ketones (excluding diaryl/α,β-unsaturated/α-hetero) is 1. The van der Waals surface area contributed by atoms with Crippen LogP contribution < -0.4 is 0 Å². The summed E-state index contributed by atoms with van der Waals surface area (Å²) in [6.07, 6.45) is -0.327. The number of benzene rings is 1. The Morgan fingerprint density at radius 1 is 1.28 bits per heavy atom. The number of ketones is 1. The Hall–Kier alpha value is -1.95. The van der Waals surface area contributed by atoms with Crippen molar-refractivity contribution < 1.29 is 18.7 Å². The largest absolute Gasteiger partial charge is 0.444 e. The summed E-state index contributed by atoms with van der Waals surface area (Å²) in [6.45, 7) is 11.0. The standard InChI is InChI=1S/C19H27FN2O3/c1-13-6-7-15(10-16(13)20)17(23)12-21-8-9-22(14(2)11-21)18(24)25-19(3,4)5/h6-7,10,14H,8-9,11-12H2,1-5H3/t14-/m1/s1. The molecule has 1 atom stereocenters. The third kappa shape index (κ3) is 5.26. The number of rotatable bonds is 3. The van der Waals surface area contributed by atoms with E-state index in [1.165, 1.54) is 6.07 Å². The first kappa shape index (κ1) is 19.4. The van der Waals surface area contributed by atoms with Crippen molar-refractivity contribution in [1.82, 2.24) is 9.80 Å². The molecule has 1 aliphatic heterocycles. The fourth-order valence-corrected chi connectivity index (χ4v) is 2.83. The molecule has 0 N–H and O–H groups in total. The number of halogens is 1. The van der Waals surface area contributed by atoms with Crippen molar-refractivity contribution in [2.45, 2.75) is 46.3 Å². The van der Waals surface area contributed by atoms with Gasteiger partial charge in [-0.3, -0.25) is 9.69 Å². The van der Waals surface area contributed by atoms with Crippen LogP contribution in [0, 0.1) is 12.7 Å². The average Bonchev–Trinajstić information content (AvgIpc) is 2.48. The van der Waals surface area contributed by atoms with E-state index in [9.17, 15) is 14.0 Å². The van der Waals surface area contributed by atoms with E-state index in [0.717, 1.165) is 0 Å². The van der Waals surface area contributed by atoms with Crippen LogP contribution in [0.5, 0.6) is 0 Å². The normalized spacial score (nSPS) is 19.0. The van der Waals surface area contributed by atoms with Crippen molar-refractivity contribution in [2.75, 3.05) is 26.2 Å². The van der Waals surface area contributed by atoms with Crippen molar-refractivity contribution in [2.24, 2.45) is 0 Å². The van der Waals surface area contributed by atoms with E-state index in [1.54, 1.807) is 24.0 Å². The first-order valence-corrected chi connectivity index (χ1v) is 8.58. The van der Waals surface area contributed by atoms with E-state index >= 15 is 0 Å². The van der Waals surface area contributed by atoms with Crippen LogP contribution >= 0.6 is 0 Å². The number of hydrogen-bond acceptors (Lipinski definition) is 4. The summed E-state index contributed by atoms with van der Waals surface area (Å²) in [5.74, 6) is -0.481. The zero-order chi connectivity index (χ0) is 18.8. The second-order valence-corrected chi connectivity index (χ2v) is 7.65. The van der Waals surface area contributed by atoms with Gasteiger partial charge in [0.2, 0.25) is 0 Å². The van der Waals surface area contributed by atoms with Gasteiger partial charge in [-0.05, 0) is 46.2 Å². The van der Waals surface area contributed by atoms with Gasteiger partial charge in [0.25, 0.3) is 0 Å². The molecule has 0 aliphatic carbocycles. The van der Waals surface area contributed by atoms with E-state index in [-0.39, 0.29) is 30.3 Å². The minimum atomic E-state index is -0.528. The van der Waals surface area contributed by atoms with Crippen LogP contribution in [0.2, 0.25) is 0 Å². The summed E-state index contributed by atoms with van der Waals surface area (Å²) in [5, 5.41) is 0. The first-order chi connectivity index (χ1) is 11.6. The molecule has 0 aromatic heterocycles. The molecule has 1 saturated heterocycles. The highest BCUT2D eigenvalue weighted by atomic mass is 19.1. The quantitative estimate of drug-likeness (QED) is 0.785. The Morgan fingerprint density at radius 2 is 1.96 bits per heavy atom. The third-order valence-corrected chi connectivity index (χ3v) is 4.20. The van der Waals surface area contributed by atoms with E-state index < -0.39 is 5.60 Å². The summed E-state index contributed by atoms with van der Waals surface area (Å²) in [6, 6.07) is 4.51. The molecular weight excluding hydrogens is 323 g/mol. The van der Waals surface area contributed by atoms with Crippen LogP contribution in [-0.2, 0) is 4.74 Å². The first-order valence-electron chi connectivity index (χ1n) is 8.58. The minimum absolute atomic E-state index is 0.0499. The third-order valence-electron chi connectivity index (χ3n) is 4.20. The molecule has 0 bridgehead atoms. The number of amides is 1. The van der Waals surface area contributed by atoms with Crippen molar-refractivity contribution in [3.05, 3.63) is 35.1 Å². The topological polar surface area (TPSA) is 49.9 Å². The monoisotopic (exact) mass is 350 g/mol. The van der Waals surface area contributed by atoms with Gasteiger partial charge in [-0.1, -0.05) is 12.1 Å². The van der Waals surface area contributed by atoms with Gasteiger partial charge in [0, 0.05) is 31.2 Å². The van der Waals surface area contributed by atoms with Gasteiger partial charge in [0.1, 0.15) is 11.4 Å². The van der Waals surface area contributed by atoms with E-state index in [4.69, 9.17) is 4.74 Å². The van der Waals surface area contributed by atoms with Crippen molar-refractivity contribution >= 4 is 11.9 Å². The van der Waals surface area contributed by atoms with Crippen molar-refractivity contribution in [3.8, 4) is 0 Å². The van der Waals surface area contributed by atoms with E-state index in [2.05, 4.69) is 0 Å². The van der Waals surface area contributed by atoms with Gasteiger partial charge >= 0.3 is 6.09 Å². The van der Waals surface area contributed by atoms with Crippen molar-refractivity contribution in [3.63, 3.8) is 0 Å². The predicted octanol–water partition coefficient (Wildman–Crippen LogP) is 3.26. The molecule has 1 amide bonds. The lowest BCUT2D eigenvalue weighted by Crippen LogP contribution is -2.55. The Kier molecular flexibility index (Phi) is 5.83. The maximum atomic E-state index is 13.6. The van der Waals surface area contributed by atoms with Crippen LogP contribution in [0.1, 0.15) is 43.6 Å². The summed E-state index contributed by atoms with van der Waals surface area (Å²) in [4.78, 5) is 28.3. The van der Waals surface area contributed by atoms with Gasteiger partial charge in [-0.25, -0.2) is 9.18 Å². The van der Waals surface area contributed by atoms with Gasteiger partial charge in [-0.15, -0.1) is 0 Å². The number of hydrogen-bond donors (Lipinski definition) is 0. The molecule has 1 fully saturated rings. The molecule has 0 spiro atoms. The van der Waals surface area contributed by atoms with Gasteiger partial charge in [0.05, 0.1) is 6.54 Å². The Labute approximate surface area is 148 Å². The van der Waals surface area contributed by atoms with E-state index in [1.807, 2.05) is 32.6 Å². The molecule has 1 aromatic rings. The number of carbonyl (C=O) groups is 2. The molecule has 6 heteroatoms. The molecule has 0 radical (unpaired) electrons. The Bertz CT molecular complexity index is 655. The zero-order valence-corrected chi connectivity index (χ0v) is 15.6. The maximum Gasteiger partial charge on any atom is 0.410 e. The van der Waals surface area contributed by atoms with Crippen LogP contribution in [0.15, 0.2) is 18.2 Å². The molecule has 1 aromatic carbocycles. The predicted molar refractivity (Wildman–Crippen MR) is 94.3 cm³/mol. The van der Waals surface area contributed by atoms with Crippen molar-refractivity contribution in [1.29, 1.82) is 0 Å². The molecule has 25 heavy (non-hydrogen) atoms. The highest BCUT2D eigenvalue weighted by molar-refractivity contribution is 5.97. The number of carbonyl (C=O) groups excluding carboxylic acids is 2. The molecule has 0 saturated carbocycles. The lowest BCUT2D eigenvalue weighted by atomic mass is 10.1. The molecule has 138 valence electrons. The summed E-state index contributed by atoms with van der Waals surface area (Å²) in [5.41, 5.74) is 0.376. The second-order valence-electron chi connectivity index (χ2n) is 7.65. The lowest BCUT2D eigenvalue weighted by Gasteiger charge is -2.40. The highest BCUT2D eigenvalue weighted by Crippen LogP contribution is 2.16. The number of nitrogens with zero attached hydrogens (tertiary/aromatic N) is 2. The SMILES string of the molecule is Cc1ccc(C(=O)CN2CCN(C(=O)OC(C)(C)C)[C@H](C)C2)cc1F. The van der Waals surface area contributed by atoms with E-state index in [0.29, 0.717) is 30.8 Å². The fourth-order valence-electron chi connectivity index (χ4n) is 2.83. The fraction of sp³-hybridized carbons (Fsp3) is 0.579. The number of piperazine rings is 1. The summed E-state index contributed by atoms with van der Waals surface area (Å²) < 4.78 is 19.0. The summed E-state index contributed by atoms with van der Waals surface area (Å²) in [7, 11) is 0. The Balaban J connectivity index is 1.93. The molecule has 1 heterocycles. The smallest absolute Gasteiger partial charge is 0.410 e. The molecule has 1 aliphatic rings. The number of ether oxygens (including phenoxy) is 1. The molecular formula is C19H27FN2O3. The minimum Gasteiger partial charge on any atom is -0.444 e. The van der Waals surface area contributed by atoms with Crippen LogP contribution in [0.25, 0.3) is 0 Å². The average molecular weight is 350 g/mol. The molecule has 5 nitrogen and oxygen atoms in total. The lowest BCUT2D eigenvalue weighted by molar-refractivity contribution is 0.00220. The molecule has 0 unspecified atom stereocenters. The highest BCUT2D eigenvalue weighted by Gasteiger charge is 2.31. The van der Waals surface area contributed by atoms with Gasteiger partial charge in [0.15, 0.2) is 5.78 Å². The van der Waals surface area contributed by atoms with Crippen LogP contribution in [0.4, 0.5) is 9.18 Å². The Morgan fingerprint density at radius 3 is 2.52 bits per heavy atom. The zero-order valence-electron chi connectivity index (χ0n) is 15.6. The second kappa shape index (κ2) is 7.52. The van der Waals surface area contributed by atoms with Crippen LogP contribution in [-0.4, -0.2) is 59.5 Å². The van der Waals surface area contributed by atoms with Gasteiger partial charge < -0.3 is 9.64 Å².